The van der Waals surface area contributed by atoms with Gasteiger partial charge in [0.15, 0.2) is 0 Å². The van der Waals surface area contributed by atoms with Crippen molar-refractivity contribution in [3.05, 3.63) is 58.6 Å². The van der Waals surface area contributed by atoms with Gasteiger partial charge >= 0.3 is 0 Å². The van der Waals surface area contributed by atoms with Crippen molar-refractivity contribution >= 4 is 23.2 Å². The van der Waals surface area contributed by atoms with Crippen LogP contribution in [0.4, 0.5) is 5.69 Å². The van der Waals surface area contributed by atoms with Crippen LogP contribution in [0, 0.1) is 16.7 Å². The molecule has 0 spiro atoms. The lowest BCUT2D eigenvalue weighted by molar-refractivity contribution is -0.0515. The number of piperazine rings is 1. The zero-order valence-electron chi connectivity index (χ0n) is 21.7. The molecule has 196 valence electrons. The fourth-order valence-corrected chi connectivity index (χ4v) is 5.95. The number of piperidine rings is 1. The molecular formula is C29H36ClN5O2. The van der Waals surface area contributed by atoms with Gasteiger partial charge in [-0.15, -0.1) is 0 Å². The van der Waals surface area contributed by atoms with Crippen molar-refractivity contribution in [1.29, 1.82) is 5.26 Å². The van der Waals surface area contributed by atoms with Crippen molar-refractivity contribution in [2.24, 2.45) is 5.41 Å². The lowest BCUT2D eigenvalue weighted by Gasteiger charge is -2.51. The Kier molecular flexibility index (Phi) is 7.62. The Balaban J connectivity index is 1.12. The summed E-state index contributed by atoms with van der Waals surface area (Å²) in [5.74, 6) is 0.583. The fourth-order valence-electron chi connectivity index (χ4n) is 5.74. The largest absolute Gasteiger partial charge is 0.490 e. The van der Waals surface area contributed by atoms with Crippen LogP contribution < -0.4 is 20.3 Å². The summed E-state index contributed by atoms with van der Waals surface area (Å²) in [5, 5.41) is 16.1. The maximum atomic E-state index is 13.0. The van der Waals surface area contributed by atoms with Crippen molar-refractivity contribution in [3.63, 3.8) is 0 Å². The number of carbonyl (C=O) groups is 1. The van der Waals surface area contributed by atoms with Crippen molar-refractivity contribution in [2.45, 2.75) is 51.3 Å². The predicted molar refractivity (Wildman–Crippen MR) is 146 cm³/mol. The van der Waals surface area contributed by atoms with Crippen molar-refractivity contribution in [3.8, 4) is 11.8 Å². The van der Waals surface area contributed by atoms with Gasteiger partial charge in [-0.2, -0.15) is 5.26 Å². The molecule has 8 heteroatoms. The van der Waals surface area contributed by atoms with Crippen LogP contribution in [0.15, 0.2) is 42.5 Å². The first-order valence-electron chi connectivity index (χ1n) is 13.3. The summed E-state index contributed by atoms with van der Waals surface area (Å²) in [7, 11) is 0. The first-order chi connectivity index (χ1) is 17.8. The summed E-state index contributed by atoms with van der Waals surface area (Å²) in [6.45, 7) is 10.7. The molecule has 2 atom stereocenters. The van der Waals surface area contributed by atoms with Gasteiger partial charge < -0.3 is 20.3 Å². The smallest absolute Gasteiger partial charge is 0.251 e. The summed E-state index contributed by atoms with van der Waals surface area (Å²) >= 11 is 6.14. The molecule has 5 rings (SSSR count). The average Bonchev–Trinajstić information content (AvgIpc) is 2.93. The summed E-state index contributed by atoms with van der Waals surface area (Å²) in [6, 6.07) is 15.9. The minimum Gasteiger partial charge on any atom is -0.490 e. The van der Waals surface area contributed by atoms with E-state index in [-0.39, 0.29) is 23.5 Å². The predicted octanol–water partition coefficient (Wildman–Crippen LogP) is 4.06. The molecular weight excluding hydrogens is 486 g/mol. The minimum absolute atomic E-state index is 0.0154. The highest BCUT2D eigenvalue weighted by Crippen LogP contribution is 2.43. The third kappa shape index (κ3) is 5.57. The summed E-state index contributed by atoms with van der Waals surface area (Å²) in [4.78, 5) is 18.1. The quantitative estimate of drug-likeness (QED) is 0.596. The highest BCUT2D eigenvalue weighted by Gasteiger charge is 2.50. The molecule has 2 aliphatic heterocycles. The van der Waals surface area contributed by atoms with Gasteiger partial charge in [0.1, 0.15) is 17.9 Å². The number of carbonyl (C=O) groups excluding carboxylic acids is 1. The molecule has 0 unspecified atom stereocenters. The van der Waals surface area contributed by atoms with Crippen LogP contribution in [0.2, 0.25) is 5.02 Å². The molecule has 2 aromatic rings. The van der Waals surface area contributed by atoms with Crippen LogP contribution in [0.25, 0.3) is 0 Å². The van der Waals surface area contributed by atoms with Crippen LogP contribution in [-0.2, 0) is 0 Å². The number of nitrogens with zero attached hydrogens (tertiary/aromatic N) is 3. The minimum atomic E-state index is -0.232. The van der Waals surface area contributed by atoms with E-state index in [1.807, 2.05) is 12.1 Å². The summed E-state index contributed by atoms with van der Waals surface area (Å²) in [6.07, 6.45) is 3.17. The number of amides is 1. The molecule has 0 bridgehead atoms. The summed E-state index contributed by atoms with van der Waals surface area (Å²) in [5.41, 5.74) is 2.05. The fraction of sp³-hybridized carbons (Fsp3) is 0.517. The number of hydrogen-bond acceptors (Lipinski definition) is 6. The highest BCUT2D eigenvalue weighted by atomic mass is 35.5. The third-order valence-corrected chi connectivity index (χ3v) is 8.77. The Hall–Kier alpha value is -2.79. The van der Waals surface area contributed by atoms with E-state index < -0.39 is 0 Å². The molecule has 2 aromatic carbocycles. The van der Waals surface area contributed by atoms with E-state index in [9.17, 15) is 4.79 Å². The number of hydrogen-bond donors (Lipinski definition) is 2. The maximum absolute atomic E-state index is 13.0. The molecule has 2 N–H and O–H groups in total. The van der Waals surface area contributed by atoms with Crippen LogP contribution >= 0.6 is 11.6 Å². The van der Waals surface area contributed by atoms with Gasteiger partial charge in [-0.05, 0) is 62.3 Å². The van der Waals surface area contributed by atoms with Crippen molar-refractivity contribution in [2.75, 3.05) is 44.2 Å². The SMILES string of the molecule is CC1(C)[C@@H](NC(=O)c2ccc(N3CCN(C4CCNCC4)CC3)cc2)C[C@@H]1Oc1ccc(C#N)c(Cl)c1. The number of rotatable bonds is 6. The monoisotopic (exact) mass is 521 g/mol. The molecule has 3 aliphatic rings. The second-order valence-corrected chi connectivity index (χ2v) is 11.4. The van der Waals surface area contributed by atoms with E-state index in [1.54, 1.807) is 18.2 Å². The first kappa shape index (κ1) is 25.8. The first-order valence-corrected chi connectivity index (χ1v) is 13.7. The Morgan fingerprint density at radius 3 is 2.43 bits per heavy atom. The Bertz CT molecular complexity index is 1150. The van der Waals surface area contributed by atoms with Crippen LogP contribution in [0.5, 0.6) is 5.75 Å². The van der Waals surface area contributed by atoms with E-state index in [0.29, 0.717) is 21.9 Å². The van der Waals surface area contributed by atoms with Crippen LogP contribution in [-0.4, -0.2) is 68.3 Å². The number of benzene rings is 2. The van der Waals surface area contributed by atoms with Crippen molar-refractivity contribution < 1.29 is 9.53 Å². The van der Waals surface area contributed by atoms with Crippen LogP contribution in [0.1, 0.15) is 49.0 Å². The lowest BCUT2D eigenvalue weighted by atomic mass is 9.64. The van der Waals surface area contributed by atoms with Gasteiger partial charge in [0.05, 0.1) is 10.6 Å². The third-order valence-electron chi connectivity index (χ3n) is 8.46. The van der Waals surface area contributed by atoms with Gasteiger partial charge in [0.2, 0.25) is 0 Å². The number of anilines is 1. The molecule has 1 saturated carbocycles. The number of nitriles is 1. The van der Waals surface area contributed by atoms with E-state index >= 15 is 0 Å². The molecule has 1 aliphatic carbocycles. The highest BCUT2D eigenvalue weighted by molar-refractivity contribution is 6.31. The molecule has 37 heavy (non-hydrogen) atoms. The van der Waals surface area contributed by atoms with Gasteiger partial charge in [-0.1, -0.05) is 25.4 Å². The molecule has 0 radical (unpaired) electrons. The van der Waals surface area contributed by atoms with E-state index in [2.05, 4.69) is 52.5 Å². The summed E-state index contributed by atoms with van der Waals surface area (Å²) < 4.78 is 6.14. The van der Waals surface area contributed by atoms with E-state index in [4.69, 9.17) is 21.6 Å². The molecule has 2 saturated heterocycles. The van der Waals surface area contributed by atoms with Crippen molar-refractivity contribution in [1.82, 2.24) is 15.5 Å². The second-order valence-electron chi connectivity index (χ2n) is 11.0. The molecule has 3 fully saturated rings. The molecule has 7 nitrogen and oxygen atoms in total. The average molecular weight is 522 g/mol. The lowest BCUT2D eigenvalue weighted by Crippen LogP contribution is -2.63. The topological polar surface area (TPSA) is 80.6 Å². The van der Waals surface area contributed by atoms with Gasteiger partial charge in [0, 0.05) is 67.4 Å². The zero-order valence-corrected chi connectivity index (χ0v) is 22.4. The Morgan fingerprint density at radius 1 is 1.11 bits per heavy atom. The van der Waals surface area contributed by atoms with Gasteiger partial charge in [0.25, 0.3) is 5.91 Å². The zero-order chi connectivity index (χ0) is 26.0. The van der Waals surface area contributed by atoms with E-state index in [1.165, 1.54) is 18.5 Å². The standard InChI is InChI=1S/C29H36ClN5O2/c1-29(2)26(18-27(29)37-24-8-5-21(19-31)25(30)17-24)33-28(36)20-3-6-22(7-4-20)34-13-15-35(16-14-34)23-9-11-32-12-10-23/h3-8,17,23,26-27,32H,9-16,18H2,1-2H3,(H,33,36)/t26-,27-/m0/s1. The molecule has 1 amide bonds. The molecule has 2 heterocycles. The Labute approximate surface area is 224 Å². The second kappa shape index (κ2) is 10.9. The van der Waals surface area contributed by atoms with Gasteiger partial charge in [-0.25, -0.2) is 0 Å². The normalized spacial score (nSPS) is 24.1. The van der Waals surface area contributed by atoms with Gasteiger partial charge in [-0.3, -0.25) is 9.69 Å². The number of ether oxygens (including phenoxy) is 1. The van der Waals surface area contributed by atoms with Crippen LogP contribution in [0.3, 0.4) is 0 Å². The van der Waals surface area contributed by atoms with E-state index in [0.717, 1.165) is 51.7 Å². The Morgan fingerprint density at radius 2 is 1.81 bits per heavy atom. The number of nitrogens with one attached hydrogen (secondary N) is 2. The number of halogens is 1. The molecule has 0 aromatic heterocycles. The maximum Gasteiger partial charge on any atom is 0.251 e.